The van der Waals surface area contributed by atoms with E-state index in [-0.39, 0.29) is 12.2 Å². The summed E-state index contributed by atoms with van der Waals surface area (Å²) >= 11 is 3.33. The summed E-state index contributed by atoms with van der Waals surface area (Å²) in [5, 5.41) is 3.75. The van der Waals surface area contributed by atoms with Gasteiger partial charge in [-0.05, 0) is 26.7 Å². The minimum absolute atomic E-state index is 0.0605. The van der Waals surface area contributed by atoms with Crippen LogP contribution in [0.15, 0.2) is 0 Å². The van der Waals surface area contributed by atoms with Crippen LogP contribution < -0.4 is 5.32 Å². The number of amides is 1. The molecule has 0 aromatic rings. The van der Waals surface area contributed by atoms with Crippen LogP contribution in [-0.2, 0) is 14.3 Å². The molecule has 0 unspecified atom stereocenters. The van der Waals surface area contributed by atoms with Crippen LogP contribution in [0.3, 0.4) is 0 Å². The third-order valence-electron chi connectivity index (χ3n) is 1.96. The fourth-order valence-corrected chi connectivity index (χ4v) is 1.60. The monoisotopic (exact) mass is 295 g/mol. The number of nitrogens with one attached hydrogen (secondary N) is 1. The lowest BCUT2D eigenvalue weighted by Crippen LogP contribution is -2.35. The number of alkyl halides is 1. The largest absolute Gasteiger partial charge is 0.351 e. The van der Waals surface area contributed by atoms with E-state index in [0.29, 0.717) is 26.2 Å². The van der Waals surface area contributed by atoms with Gasteiger partial charge < -0.3 is 14.8 Å². The average Bonchev–Trinajstić information content (AvgIpc) is 2.27. The lowest BCUT2D eigenvalue weighted by atomic mass is 10.2. The van der Waals surface area contributed by atoms with Crippen molar-refractivity contribution in [3.63, 3.8) is 0 Å². The molecule has 0 spiro atoms. The molecule has 0 aliphatic carbocycles. The number of hydrogen-bond acceptors (Lipinski definition) is 3. The zero-order valence-corrected chi connectivity index (χ0v) is 11.7. The van der Waals surface area contributed by atoms with Gasteiger partial charge in [0.2, 0.25) is 5.91 Å². The summed E-state index contributed by atoms with van der Waals surface area (Å²) in [6.45, 7) is 5.41. The first-order valence-corrected chi connectivity index (χ1v) is 6.92. The predicted molar refractivity (Wildman–Crippen MR) is 67.7 cm³/mol. The Morgan fingerprint density at radius 1 is 1.25 bits per heavy atom. The molecule has 16 heavy (non-hydrogen) atoms. The second-order valence-corrected chi connectivity index (χ2v) is 4.08. The van der Waals surface area contributed by atoms with Crippen LogP contribution in [0.2, 0.25) is 0 Å². The predicted octanol–water partition coefficient (Wildman–Crippen LogP) is 2.07. The van der Waals surface area contributed by atoms with Gasteiger partial charge in [-0.25, -0.2) is 0 Å². The first-order valence-electron chi connectivity index (χ1n) is 5.80. The van der Waals surface area contributed by atoms with E-state index in [9.17, 15) is 4.79 Å². The van der Waals surface area contributed by atoms with E-state index >= 15 is 0 Å². The maximum absolute atomic E-state index is 11.4. The molecule has 1 amide bonds. The van der Waals surface area contributed by atoms with Crippen molar-refractivity contribution >= 4 is 21.8 Å². The molecule has 0 bridgehead atoms. The Labute approximate surface area is 106 Å². The maximum Gasteiger partial charge on any atom is 0.220 e. The van der Waals surface area contributed by atoms with Crippen LogP contribution in [-0.4, -0.2) is 37.3 Å². The summed E-state index contributed by atoms with van der Waals surface area (Å²) < 4.78 is 10.6. The molecule has 0 saturated carbocycles. The van der Waals surface area contributed by atoms with Crippen LogP contribution >= 0.6 is 15.9 Å². The SMILES string of the molecule is CCOC(CNC(=O)CCCCBr)OCC. The van der Waals surface area contributed by atoms with Crippen molar-refractivity contribution in [2.75, 3.05) is 25.1 Å². The summed E-state index contributed by atoms with van der Waals surface area (Å²) in [6.07, 6.45) is 2.17. The molecule has 4 nitrogen and oxygen atoms in total. The molecule has 5 heteroatoms. The second kappa shape index (κ2) is 11.4. The number of carbonyl (C=O) groups excluding carboxylic acids is 1. The van der Waals surface area contributed by atoms with Crippen LogP contribution in [0.5, 0.6) is 0 Å². The number of unbranched alkanes of at least 4 members (excludes halogenated alkanes) is 1. The second-order valence-electron chi connectivity index (χ2n) is 3.29. The van der Waals surface area contributed by atoms with Gasteiger partial charge in [0.15, 0.2) is 6.29 Å². The quantitative estimate of drug-likeness (QED) is 0.381. The standard InChI is InChI=1S/C11H22BrNO3/c1-3-15-11(16-4-2)9-13-10(14)7-5-6-8-12/h11H,3-9H2,1-2H3,(H,13,14). The van der Waals surface area contributed by atoms with Crippen molar-refractivity contribution < 1.29 is 14.3 Å². The molecule has 1 N–H and O–H groups in total. The van der Waals surface area contributed by atoms with Crippen molar-refractivity contribution in [1.29, 1.82) is 0 Å². The molecule has 0 aliphatic rings. The molecule has 0 aliphatic heterocycles. The highest BCUT2D eigenvalue weighted by molar-refractivity contribution is 9.09. The van der Waals surface area contributed by atoms with Gasteiger partial charge in [0, 0.05) is 25.0 Å². The molecular weight excluding hydrogens is 274 g/mol. The van der Waals surface area contributed by atoms with Crippen molar-refractivity contribution in [3.8, 4) is 0 Å². The van der Waals surface area contributed by atoms with Gasteiger partial charge in [-0.1, -0.05) is 15.9 Å². The topological polar surface area (TPSA) is 47.6 Å². The Morgan fingerprint density at radius 3 is 2.38 bits per heavy atom. The highest BCUT2D eigenvalue weighted by atomic mass is 79.9. The molecule has 0 aromatic carbocycles. The van der Waals surface area contributed by atoms with Crippen molar-refractivity contribution in [2.45, 2.75) is 39.4 Å². The van der Waals surface area contributed by atoms with Crippen LogP contribution in [0, 0.1) is 0 Å². The molecule has 0 aromatic heterocycles. The van der Waals surface area contributed by atoms with E-state index in [2.05, 4.69) is 21.2 Å². The van der Waals surface area contributed by atoms with Gasteiger partial charge in [-0.3, -0.25) is 4.79 Å². The van der Waals surface area contributed by atoms with Crippen LogP contribution in [0.4, 0.5) is 0 Å². The Hall–Kier alpha value is -0.130. The summed E-state index contributed by atoms with van der Waals surface area (Å²) in [4.78, 5) is 11.4. The zero-order chi connectivity index (χ0) is 12.2. The highest BCUT2D eigenvalue weighted by Gasteiger charge is 2.09. The van der Waals surface area contributed by atoms with Crippen LogP contribution in [0.1, 0.15) is 33.1 Å². The minimum Gasteiger partial charge on any atom is -0.351 e. The lowest BCUT2D eigenvalue weighted by Gasteiger charge is -2.17. The Bertz CT molecular complexity index is 173. The highest BCUT2D eigenvalue weighted by Crippen LogP contribution is 1.99. The fraction of sp³-hybridized carbons (Fsp3) is 0.909. The van der Waals surface area contributed by atoms with E-state index in [0.717, 1.165) is 18.2 Å². The van der Waals surface area contributed by atoms with E-state index in [1.807, 2.05) is 13.8 Å². The van der Waals surface area contributed by atoms with Gasteiger partial charge in [-0.15, -0.1) is 0 Å². The number of ether oxygens (including phenoxy) is 2. The van der Waals surface area contributed by atoms with Crippen LogP contribution in [0.25, 0.3) is 0 Å². The minimum atomic E-state index is -0.324. The van der Waals surface area contributed by atoms with E-state index in [1.54, 1.807) is 0 Å². The van der Waals surface area contributed by atoms with Gasteiger partial charge in [0.1, 0.15) is 0 Å². The van der Waals surface area contributed by atoms with Gasteiger partial charge in [0.05, 0.1) is 6.54 Å². The molecule has 0 fully saturated rings. The van der Waals surface area contributed by atoms with Crippen molar-refractivity contribution in [3.05, 3.63) is 0 Å². The molecule has 0 radical (unpaired) electrons. The fourth-order valence-electron chi connectivity index (χ4n) is 1.20. The molecular formula is C11H22BrNO3. The Balaban J connectivity index is 3.60. The Kier molecular flexibility index (Phi) is 11.3. The van der Waals surface area contributed by atoms with Gasteiger partial charge >= 0.3 is 0 Å². The number of carbonyl (C=O) groups is 1. The van der Waals surface area contributed by atoms with Gasteiger partial charge in [-0.2, -0.15) is 0 Å². The zero-order valence-electron chi connectivity index (χ0n) is 10.1. The van der Waals surface area contributed by atoms with Gasteiger partial charge in [0.25, 0.3) is 0 Å². The van der Waals surface area contributed by atoms with E-state index < -0.39 is 0 Å². The maximum atomic E-state index is 11.4. The summed E-state index contributed by atoms with van der Waals surface area (Å²) in [7, 11) is 0. The van der Waals surface area contributed by atoms with Crippen molar-refractivity contribution in [1.82, 2.24) is 5.32 Å². The third kappa shape index (κ3) is 9.12. The normalized spacial score (nSPS) is 10.8. The molecule has 96 valence electrons. The Morgan fingerprint density at radius 2 is 1.88 bits per heavy atom. The third-order valence-corrected chi connectivity index (χ3v) is 2.52. The van der Waals surface area contributed by atoms with E-state index in [1.165, 1.54) is 0 Å². The smallest absolute Gasteiger partial charge is 0.220 e. The molecule has 0 heterocycles. The van der Waals surface area contributed by atoms with Crippen molar-refractivity contribution in [2.24, 2.45) is 0 Å². The molecule has 0 atom stereocenters. The lowest BCUT2D eigenvalue weighted by molar-refractivity contribution is -0.140. The first-order chi connectivity index (χ1) is 7.74. The summed E-state index contributed by atoms with van der Waals surface area (Å²) in [5.41, 5.74) is 0. The van der Waals surface area contributed by atoms with E-state index in [4.69, 9.17) is 9.47 Å². The average molecular weight is 296 g/mol. The molecule has 0 rings (SSSR count). The summed E-state index contributed by atoms with van der Waals surface area (Å²) in [5.74, 6) is 0.0605. The molecule has 0 saturated heterocycles. The number of hydrogen-bond donors (Lipinski definition) is 1. The number of halogens is 1. The summed E-state index contributed by atoms with van der Waals surface area (Å²) in [6, 6.07) is 0. The number of rotatable bonds is 10. The first kappa shape index (κ1) is 15.9.